The molecule has 1 aliphatic rings. The first-order valence-corrected chi connectivity index (χ1v) is 8.82. The number of benzene rings is 2. The fraction of sp³-hybridized carbons (Fsp3) is 0.286. The summed E-state index contributed by atoms with van der Waals surface area (Å²) in [6, 6.07) is 18.8. The largest absolute Gasteiger partial charge is 0.444 e. The molecule has 0 atom stereocenters. The molecule has 2 aromatic carbocycles. The van der Waals surface area contributed by atoms with E-state index in [1.54, 1.807) is 6.26 Å². The Morgan fingerprint density at radius 3 is 2.40 bits per heavy atom. The molecule has 0 spiro atoms. The molecule has 0 aliphatic carbocycles. The molecule has 0 radical (unpaired) electrons. The fourth-order valence-electron chi connectivity index (χ4n) is 3.35. The van der Waals surface area contributed by atoms with Crippen LogP contribution in [0.5, 0.6) is 0 Å². The first kappa shape index (κ1) is 15.9. The molecule has 0 saturated carbocycles. The summed E-state index contributed by atoms with van der Waals surface area (Å²) in [7, 11) is 0. The van der Waals surface area contributed by atoms with Gasteiger partial charge in [0.15, 0.2) is 0 Å². The molecular weight excluding hydrogens is 310 g/mol. The highest BCUT2D eigenvalue weighted by atomic mass is 16.3. The van der Waals surface area contributed by atoms with Gasteiger partial charge in [-0.25, -0.2) is 4.98 Å². The summed E-state index contributed by atoms with van der Waals surface area (Å²) >= 11 is 0. The van der Waals surface area contributed by atoms with Gasteiger partial charge < -0.3 is 9.32 Å². The minimum Gasteiger partial charge on any atom is -0.444 e. The number of oxazole rings is 1. The van der Waals surface area contributed by atoms with Crippen LogP contribution in [0.3, 0.4) is 0 Å². The van der Waals surface area contributed by atoms with E-state index in [1.807, 2.05) is 12.1 Å². The summed E-state index contributed by atoms with van der Waals surface area (Å²) < 4.78 is 5.72. The van der Waals surface area contributed by atoms with Crippen molar-refractivity contribution in [3.8, 4) is 11.5 Å². The van der Waals surface area contributed by atoms with E-state index in [9.17, 15) is 0 Å². The second-order valence-corrected chi connectivity index (χ2v) is 6.56. The maximum Gasteiger partial charge on any atom is 0.226 e. The Labute approximate surface area is 148 Å². The molecule has 0 amide bonds. The van der Waals surface area contributed by atoms with Crippen molar-refractivity contribution in [1.82, 2.24) is 9.88 Å². The maximum absolute atomic E-state index is 5.72. The van der Waals surface area contributed by atoms with Gasteiger partial charge in [0.25, 0.3) is 0 Å². The first-order chi connectivity index (χ1) is 12.3. The Morgan fingerprint density at radius 2 is 1.64 bits per heavy atom. The van der Waals surface area contributed by atoms with E-state index in [2.05, 4.69) is 59.2 Å². The van der Waals surface area contributed by atoms with Gasteiger partial charge in [0.2, 0.25) is 5.89 Å². The highest BCUT2D eigenvalue weighted by Crippen LogP contribution is 2.23. The molecule has 25 heavy (non-hydrogen) atoms. The predicted octanol–water partition coefficient (Wildman–Crippen LogP) is 3.97. The van der Waals surface area contributed by atoms with E-state index in [0.29, 0.717) is 0 Å². The molecule has 0 N–H and O–H groups in total. The number of hydrogen-bond donors (Lipinski definition) is 0. The third kappa shape index (κ3) is 3.59. The summed E-state index contributed by atoms with van der Waals surface area (Å²) in [6.07, 6.45) is 1.80. The molecule has 4 rings (SSSR count). The van der Waals surface area contributed by atoms with E-state index < -0.39 is 0 Å². The lowest BCUT2D eigenvalue weighted by molar-refractivity contribution is 0.247. The fourth-order valence-corrected chi connectivity index (χ4v) is 3.35. The maximum atomic E-state index is 5.72. The number of nitrogens with zero attached hydrogens (tertiary/aromatic N) is 3. The quantitative estimate of drug-likeness (QED) is 0.723. The average molecular weight is 333 g/mol. The van der Waals surface area contributed by atoms with Gasteiger partial charge in [-0.15, -0.1) is 0 Å². The minimum absolute atomic E-state index is 0.719. The zero-order valence-electron chi connectivity index (χ0n) is 14.6. The van der Waals surface area contributed by atoms with Crippen LogP contribution < -0.4 is 4.90 Å². The lowest BCUT2D eigenvalue weighted by Crippen LogP contribution is -2.46. The normalized spacial score (nSPS) is 15.5. The van der Waals surface area contributed by atoms with Crippen LogP contribution in [0, 0.1) is 6.92 Å². The van der Waals surface area contributed by atoms with Crippen LogP contribution in [0.2, 0.25) is 0 Å². The van der Waals surface area contributed by atoms with Crippen LogP contribution in [-0.4, -0.2) is 36.1 Å². The highest BCUT2D eigenvalue weighted by Gasteiger charge is 2.18. The Morgan fingerprint density at radius 1 is 0.920 bits per heavy atom. The van der Waals surface area contributed by atoms with Crippen LogP contribution in [0.15, 0.2) is 65.3 Å². The molecule has 3 aromatic rings. The number of aromatic nitrogens is 1. The SMILES string of the molecule is Cc1ccccc1-c1nc(CN2CCN(c3ccccc3)CC2)co1. The molecule has 4 nitrogen and oxygen atoms in total. The van der Waals surface area contributed by atoms with E-state index in [-0.39, 0.29) is 0 Å². The summed E-state index contributed by atoms with van der Waals surface area (Å²) in [5, 5.41) is 0. The first-order valence-electron chi connectivity index (χ1n) is 8.82. The molecule has 1 aliphatic heterocycles. The van der Waals surface area contributed by atoms with Crippen molar-refractivity contribution >= 4 is 5.69 Å². The van der Waals surface area contributed by atoms with Crippen molar-refractivity contribution < 1.29 is 4.42 Å². The third-order valence-corrected chi connectivity index (χ3v) is 4.81. The minimum atomic E-state index is 0.719. The van der Waals surface area contributed by atoms with Gasteiger partial charge in [-0.2, -0.15) is 0 Å². The molecule has 0 bridgehead atoms. The monoisotopic (exact) mass is 333 g/mol. The van der Waals surface area contributed by atoms with E-state index >= 15 is 0 Å². The highest BCUT2D eigenvalue weighted by molar-refractivity contribution is 5.58. The van der Waals surface area contributed by atoms with Gasteiger partial charge in [-0.3, -0.25) is 4.90 Å². The van der Waals surface area contributed by atoms with Gasteiger partial charge in [-0.05, 0) is 30.7 Å². The molecule has 128 valence electrons. The molecular formula is C21H23N3O. The van der Waals surface area contributed by atoms with Crippen LogP contribution >= 0.6 is 0 Å². The lowest BCUT2D eigenvalue weighted by atomic mass is 10.1. The average Bonchev–Trinajstić information content (AvgIpc) is 3.12. The Balaban J connectivity index is 1.37. The lowest BCUT2D eigenvalue weighted by Gasteiger charge is -2.35. The van der Waals surface area contributed by atoms with E-state index in [0.717, 1.165) is 49.9 Å². The zero-order valence-corrected chi connectivity index (χ0v) is 14.6. The topological polar surface area (TPSA) is 32.5 Å². The molecule has 2 heterocycles. The molecule has 4 heteroatoms. The summed E-state index contributed by atoms with van der Waals surface area (Å²) in [5.41, 5.74) is 4.58. The summed E-state index contributed by atoms with van der Waals surface area (Å²) in [4.78, 5) is 9.58. The Hall–Kier alpha value is -2.59. The molecule has 1 fully saturated rings. The van der Waals surface area contributed by atoms with Gasteiger partial charge >= 0.3 is 0 Å². The summed E-state index contributed by atoms with van der Waals surface area (Å²) in [6.45, 7) is 7.11. The van der Waals surface area contributed by atoms with Gasteiger partial charge in [0.05, 0.1) is 5.69 Å². The standard InChI is InChI=1S/C21H23N3O/c1-17-7-5-6-10-20(17)21-22-18(16-25-21)15-23-11-13-24(14-12-23)19-8-3-2-4-9-19/h2-10,16H,11-15H2,1H3. The van der Waals surface area contributed by atoms with Crippen LogP contribution in [0.25, 0.3) is 11.5 Å². The van der Waals surface area contributed by atoms with Gasteiger partial charge in [0.1, 0.15) is 6.26 Å². The van der Waals surface area contributed by atoms with Crippen LogP contribution in [0.4, 0.5) is 5.69 Å². The number of rotatable bonds is 4. The van der Waals surface area contributed by atoms with Crippen molar-refractivity contribution in [3.05, 3.63) is 72.1 Å². The van der Waals surface area contributed by atoms with E-state index in [1.165, 1.54) is 11.3 Å². The Bertz CT molecular complexity index is 820. The third-order valence-electron chi connectivity index (χ3n) is 4.81. The Kier molecular flexibility index (Phi) is 4.53. The number of hydrogen-bond acceptors (Lipinski definition) is 4. The smallest absolute Gasteiger partial charge is 0.226 e. The van der Waals surface area contributed by atoms with Crippen molar-refractivity contribution in [1.29, 1.82) is 0 Å². The number of para-hydroxylation sites is 1. The van der Waals surface area contributed by atoms with Crippen LogP contribution in [-0.2, 0) is 6.54 Å². The van der Waals surface area contributed by atoms with Crippen molar-refractivity contribution in [2.45, 2.75) is 13.5 Å². The van der Waals surface area contributed by atoms with Crippen molar-refractivity contribution in [2.24, 2.45) is 0 Å². The van der Waals surface area contributed by atoms with Crippen LogP contribution in [0.1, 0.15) is 11.3 Å². The second-order valence-electron chi connectivity index (χ2n) is 6.56. The molecule has 1 aromatic heterocycles. The second kappa shape index (κ2) is 7.11. The van der Waals surface area contributed by atoms with Gasteiger partial charge in [0, 0.05) is 44.0 Å². The van der Waals surface area contributed by atoms with Gasteiger partial charge in [-0.1, -0.05) is 36.4 Å². The van der Waals surface area contributed by atoms with E-state index in [4.69, 9.17) is 9.40 Å². The number of aryl methyl sites for hydroxylation is 1. The summed E-state index contributed by atoms with van der Waals surface area (Å²) in [5.74, 6) is 0.719. The number of anilines is 1. The van der Waals surface area contributed by atoms with Crippen molar-refractivity contribution in [2.75, 3.05) is 31.1 Å². The molecule has 1 saturated heterocycles. The number of piperazine rings is 1. The molecule has 0 unspecified atom stereocenters. The van der Waals surface area contributed by atoms with Crippen molar-refractivity contribution in [3.63, 3.8) is 0 Å². The predicted molar refractivity (Wildman–Crippen MR) is 101 cm³/mol. The zero-order chi connectivity index (χ0) is 17.1.